The van der Waals surface area contributed by atoms with Crippen LogP contribution in [0.5, 0.6) is 0 Å². The molecule has 3 heterocycles. The Bertz CT molecular complexity index is 543. The van der Waals surface area contributed by atoms with Gasteiger partial charge in [0.05, 0.1) is 11.6 Å². The lowest BCUT2D eigenvalue weighted by Gasteiger charge is -2.26. The first-order chi connectivity index (χ1) is 9.34. The maximum absolute atomic E-state index is 4.31. The van der Waals surface area contributed by atoms with E-state index >= 15 is 0 Å². The quantitative estimate of drug-likeness (QED) is 0.897. The van der Waals surface area contributed by atoms with E-state index in [1.165, 1.54) is 32.4 Å². The average Bonchev–Trinajstić information content (AvgIpc) is 2.83. The van der Waals surface area contributed by atoms with Crippen LogP contribution in [0.2, 0.25) is 0 Å². The van der Waals surface area contributed by atoms with Crippen molar-refractivity contribution < 1.29 is 0 Å². The Labute approximate surface area is 112 Å². The molecule has 1 fully saturated rings. The van der Waals surface area contributed by atoms with Gasteiger partial charge in [-0.3, -0.25) is 4.68 Å². The molecule has 0 spiro atoms. The van der Waals surface area contributed by atoms with Gasteiger partial charge in [0.1, 0.15) is 12.1 Å². The zero-order chi connectivity index (χ0) is 13.1. The van der Waals surface area contributed by atoms with Gasteiger partial charge < -0.3 is 10.2 Å². The van der Waals surface area contributed by atoms with E-state index in [-0.39, 0.29) is 0 Å². The average molecular weight is 260 g/mol. The highest BCUT2D eigenvalue weighted by Crippen LogP contribution is 2.17. The molecule has 3 rings (SSSR count). The van der Waals surface area contributed by atoms with Gasteiger partial charge in [-0.25, -0.2) is 9.97 Å². The molecule has 1 saturated heterocycles. The van der Waals surface area contributed by atoms with Crippen molar-refractivity contribution >= 4 is 16.9 Å². The topological polar surface area (TPSA) is 58.9 Å². The Hall–Kier alpha value is -1.69. The van der Waals surface area contributed by atoms with Crippen molar-refractivity contribution in [1.82, 2.24) is 24.6 Å². The van der Waals surface area contributed by atoms with Gasteiger partial charge in [0.2, 0.25) is 0 Å². The van der Waals surface area contributed by atoms with Gasteiger partial charge >= 0.3 is 0 Å². The van der Waals surface area contributed by atoms with Gasteiger partial charge in [0, 0.05) is 20.1 Å². The van der Waals surface area contributed by atoms with Crippen molar-refractivity contribution in [2.24, 2.45) is 7.05 Å². The molecule has 1 aliphatic rings. The first-order valence-electron chi connectivity index (χ1n) is 6.93. The van der Waals surface area contributed by atoms with E-state index in [9.17, 15) is 0 Å². The molecule has 0 bridgehead atoms. The third-order valence-corrected chi connectivity index (χ3v) is 3.70. The van der Waals surface area contributed by atoms with Gasteiger partial charge in [0.25, 0.3) is 0 Å². The second-order valence-corrected chi connectivity index (χ2v) is 5.06. The highest BCUT2D eigenvalue weighted by molar-refractivity contribution is 5.85. The molecule has 0 radical (unpaired) electrons. The van der Waals surface area contributed by atoms with Crippen molar-refractivity contribution in [3.8, 4) is 0 Å². The molecular formula is C13H20N6. The molecular weight excluding hydrogens is 240 g/mol. The summed E-state index contributed by atoms with van der Waals surface area (Å²) in [4.78, 5) is 11.1. The first kappa shape index (κ1) is 12.3. The number of rotatable bonds is 4. The predicted octanol–water partition coefficient (Wildman–Crippen LogP) is 1.26. The monoisotopic (exact) mass is 260 g/mol. The summed E-state index contributed by atoms with van der Waals surface area (Å²) < 4.78 is 1.77. The predicted molar refractivity (Wildman–Crippen MR) is 75.1 cm³/mol. The number of nitrogens with zero attached hydrogens (tertiary/aromatic N) is 5. The summed E-state index contributed by atoms with van der Waals surface area (Å²) in [5, 5.41) is 8.61. The van der Waals surface area contributed by atoms with Gasteiger partial charge in [-0.15, -0.1) is 0 Å². The molecule has 2 aromatic heterocycles. The summed E-state index contributed by atoms with van der Waals surface area (Å²) in [5.74, 6) is 0.884. The van der Waals surface area contributed by atoms with Gasteiger partial charge in [-0.05, 0) is 25.9 Å². The van der Waals surface area contributed by atoms with E-state index in [0.717, 1.165) is 29.9 Å². The molecule has 0 amide bonds. The number of nitrogens with one attached hydrogen (secondary N) is 1. The minimum absolute atomic E-state index is 0.871. The summed E-state index contributed by atoms with van der Waals surface area (Å²) in [7, 11) is 1.90. The number of hydrogen-bond donors (Lipinski definition) is 1. The largest absolute Gasteiger partial charge is 0.368 e. The molecule has 0 atom stereocenters. The van der Waals surface area contributed by atoms with Crippen molar-refractivity contribution in [3.05, 3.63) is 12.5 Å². The maximum Gasteiger partial charge on any atom is 0.163 e. The van der Waals surface area contributed by atoms with E-state index in [4.69, 9.17) is 0 Å². The Morgan fingerprint density at radius 2 is 2.05 bits per heavy atom. The van der Waals surface area contributed by atoms with Crippen LogP contribution < -0.4 is 5.32 Å². The second kappa shape index (κ2) is 5.52. The Kier molecular flexibility index (Phi) is 3.59. The van der Waals surface area contributed by atoms with Crippen LogP contribution >= 0.6 is 0 Å². The standard InChI is InChI=1S/C13H20N6/c1-18-13-11(9-17-18)12(15-10-16-13)14-5-8-19-6-3-2-4-7-19/h9-10H,2-8H2,1H3,(H,14,15,16). The lowest BCUT2D eigenvalue weighted by molar-refractivity contribution is 0.237. The van der Waals surface area contributed by atoms with E-state index in [2.05, 4.69) is 25.3 Å². The Morgan fingerprint density at radius 1 is 1.21 bits per heavy atom. The van der Waals surface area contributed by atoms with Crippen molar-refractivity contribution in [3.63, 3.8) is 0 Å². The van der Waals surface area contributed by atoms with Crippen molar-refractivity contribution in [1.29, 1.82) is 0 Å². The van der Waals surface area contributed by atoms with Crippen LogP contribution in [-0.2, 0) is 7.05 Å². The van der Waals surface area contributed by atoms with Crippen LogP contribution in [0.15, 0.2) is 12.5 Å². The van der Waals surface area contributed by atoms with E-state index in [1.807, 2.05) is 13.2 Å². The summed E-state index contributed by atoms with van der Waals surface area (Å²) >= 11 is 0. The number of hydrogen-bond acceptors (Lipinski definition) is 5. The highest BCUT2D eigenvalue weighted by atomic mass is 15.3. The molecule has 19 heavy (non-hydrogen) atoms. The number of piperidine rings is 1. The van der Waals surface area contributed by atoms with Gasteiger partial charge in [-0.2, -0.15) is 5.10 Å². The molecule has 6 heteroatoms. The molecule has 0 aliphatic carbocycles. The smallest absolute Gasteiger partial charge is 0.163 e. The number of likely N-dealkylation sites (tertiary alicyclic amines) is 1. The summed E-state index contributed by atoms with van der Waals surface area (Å²) in [6.45, 7) is 4.45. The maximum atomic E-state index is 4.31. The fraction of sp³-hybridized carbons (Fsp3) is 0.615. The Balaban J connectivity index is 1.62. The molecule has 2 aromatic rings. The number of fused-ring (bicyclic) bond motifs is 1. The molecule has 102 valence electrons. The lowest BCUT2D eigenvalue weighted by atomic mass is 10.1. The first-order valence-corrected chi connectivity index (χ1v) is 6.93. The Morgan fingerprint density at radius 3 is 2.89 bits per heavy atom. The van der Waals surface area contributed by atoms with Crippen LogP contribution in [0, 0.1) is 0 Å². The molecule has 0 unspecified atom stereocenters. The van der Waals surface area contributed by atoms with Gasteiger partial charge in [0.15, 0.2) is 5.65 Å². The highest BCUT2D eigenvalue weighted by Gasteiger charge is 2.10. The molecule has 1 aliphatic heterocycles. The zero-order valence-corrected chi connectivity index (χ0v) is 11.3. The van der Waals surface area contributed by atoms with Crippen LogP contribution in [0.1, 0.15) is 19.3 Å². The van der Waals surface area contributed by atoms with Crippen molar-refractivity contribution in [2.45, 2.75) is 19.3 Å². The summed E-state index contributed by atoms with van der Waals surface area (Å²) in [6.07, 6.45) is 7.46. The van der Waals surface area contributed by atoms with Crippen LogP contribution in [0.3, 0.4) is 0 Å². The SMILES string of the molecule is Cn1ncc2c(NCCN3CCCCC3)ncnc21. The summed E-state index contributed by atoms with van der Waals surface area (Å²) in [5.41, 5.74) is 0.871. The minimum atomic E-state index is 0.871. The number of aryl methyl sites for hydroxylation is 1. The van der Waals surface area contributed by atoms with Gasteiger partial charge in [-0.1, -0.05) is 6.42 Å². The second-order valence-electron chi connectivity index (χ2n) is 5.06. The van der Waals surface area contributed by atoms with E-state index in [0.29, 0.717) is 0 Å². The number of anilines is 1. The third-order valence-electron chi connectivity index (χ3n) is 3.70. The van der Waals surface area contributed by atoms with E-state index in [1.54, 1.807) is 11.0 Å². The molecule has 1 N–H and O–H groups in total. The summed E-state index contributed by atoms with van der Waals surface area (Å²) in [6, 6.07) is 0. The van der Waals surface area contributed by atoms with Crippen LogP contribution in [-0.4, -0.2) is 50.8 Å². The van der Waals surface area contributed by atoms with Crippen molar-refractivity contribution in [2.75, 3.05) is 31.5 Å². The van der Waals surface area contributed by atoms with Crippen LogP contribution in [0.4, 0.5) is 5.82 Å². The van der Waals surface area contributed by atoms with Crippen LogP contribution in [0.25, 0.3) is 11.0 Å². The molecule has 0 saturated carbocycles. The number of aromatic nitrogens is 4. The normalized spacial score (nSPS) is 16.9. The molecule has 6 nitrogen and oxygen atoms in total. The minimum Gasteiger partial charge on any atom is -0.368 e. The van der Waals surface area contributed by atoms with E-state index < -0.39 is 0 Å². The molecule has 0 aromatic carbocycles. The lowest BCUT2D eigenvalue weighted by Crippen LogP contribution is -2.33. The fourth-order valence-electron chi connectivity index (χ4n) is 2.62. The zero-order valence-electron chi connectivity index (χ0n) is 11.3. The third kappa shape index (κ3) is 2.68. The fourth-order valence-corrected chi connectivity index (χ4v) is 2.62.